The summed E-state index contributed by atoms with van der Waals surface area (Å²) in [6.07, 6.45) is 0. The van der Waals surface area contributed by atoms with E-state index in [1.165, 1.54) is 5.69 Å². The summed E-state index contributed by atoms with van der Waals surface area (Å²) in [5, 5.41) is 7.83. The lowest BCUT2D eigenvalue weighted by Crippen LogP contribution is -2.36. The maximum atomic E-state index is 5.04. The zero-order valence-corrected chi connectivity index (χ0v) is 8.08. The van der Waals surface area contributed by atoms with Crippen molar-refractivity contribution in [1.82, 2.24) is 15.1 Å². The van der Waals surface area contributed by atoms with Crippen molar-refractivity contribution in [3.63, 3.8) is 0 Å². The Kier molecular flexibility index (Phi) is 2.33. The fourth-order valence-corrected chi connectivity index (χ4v) is 1.64. The summed E-state index contributed by atoms with van der Waals surface area (Å²) in [5.41, 5.74) is 2.28. The summed E-state index contributed by atoms with van der Waals surface area (Å²) in [6, 6.07) is 2.62. The van der Waals surface area contributed by atoms with Crippen molar-refractivity contribution in [1.29, 1.82) is 0 Å². The average Bonchev–Trinajstić information content (AvgIpc) is 2.46. The van der Waals surface area contributed by atoms with E-state index in [-0.39, 0.29) is 0 Å². The van der Waals surface area contributed by atoms with E-state index in [0.717, 1.165) is 18.8 Å². The van der Waals surface area contributed by atoms with E-state index in [9.17, 15) is 0 Å². The van der Waals surface area contributed by atoms with Crippen LogP contribution >= 0.6 is 0 Å². The smallest absolute Gasteiger partial charge is 0.0902 e. The Morgan fingerprint density at radius 3 is 3.38 bits per heavy atom. The van der Waals surface area contributed by atoms with Crippen LogP contribution in [0.2, 0.25) is 0 Å². The van der Waals surface area contributed by atoms with Gasteiger partial charge in [-0.25, -0.2) is 0 Å². The molecule has 0 saturated carbocycles. The fraction of sp³-hybridized carbons (Fsp3) is 0.667. The number of nitrogens with zero attached hydrogens (tertiary/aromatic N) is 2. The molecule has 1 aliphatic rings. The monoisotopic (exact) mass is 181 g/mol. The number of hydrogen-bond donors (Lipinski definition) is 1. The molecule has 2 rings (SSSR count). The molecular weight excluding hydrogens is 166 g/mol. The van der Waals surface area contributed by atoms with Crippen molar-refractivity contribution in [2.24, 2.45) is 0 Å². The molecule has 1 N–H and O–H groups in total. The van der Waals surface area contributed by atoms with Crippen molar-refractivity contribution >= 4 is 0 Å². The van der Waals surface area contributed by atoms with Crippen molar-refractivity contribution in [3.8, 4) is 0 Å². The molecule has 1 atom stereocenters. The highest BCUT2D eigenvalue weighted by atomic mass is 16.5. The van der Waals surface area contributed by atoms with E-state index in [4.69, 9.17) is 4.74 Å². The normalized spacial score (nSPS) is 21.5. The number of hydrogen-bond acceptors (Lipinski definition) is 3. The molecule has 0 amide bonds. The van der Waals surface area contributed by atoms with Gasteiger partial charge in [-0.2, -0.15) is 5.10 Å². The molecule has 2 heterocycles. The van der Waals surface area contributed by atoms with Gasteiger partial charge in [-0.05, 0) is 13.0 Å². The lowest BCUT2D eigenvalue weighted by molar-refractivity contribution is 0.180. The Hall–Kier alpha value is -0.870. The standard InChI is InChI=1S/C9H15N3O/c1-7-5-12-9(4-10-7)3-8(11-12)6-13-2/h3,7,10H,4-6H2,1-2H3. The number of methoxy groups -OCH3 is 1. The second-order valence-corrected chi connectivity index (χ2v) is 3.52. The fourth-order valence-electron chi connectivity index (χ4n) is 1.64. The molecular formula is C9H15N3O. The summed E-state index contributed by atoms with van der Waals surface area (Å²) in [7, 11) is 1.69. The minimum atomic E-state index is 0.516. The van der Waals surface area contributed by atoms with Crippen molar-refractivity contribution in [2.45, 2.75) is 32.7 Å². The number of ether oxygens (including phenoxy) is 1. The van der Waals surface area contributed by atoms with Crippen LogP contribution in [-0.4, -0.2) is 22.9 Å². The Bertz CT molecular complexity index is 295. The van der Waals surface area contributed by atoms with Crippen molar-refractivity contribution in [3.05, 3.63) is 17.5 Å². The highest BCUT2D eigenvalue weighted by molar-refractivity contribution is 5.11. The van der Waals surface area contributed by atoms with Gasteiger partial charge in [0.25, 0.3) is 0 Å². The zero-order chi connectivity index (χ0) is 9.26. The number of aromatic nitrogens is 2. The van der Waals surface area contributed by atoms with Crippen LogP contribution in [0.1, 0.15) is 18.3 Å². The Labute approximate surface area is 77.9 Å². The molecule has 0 aliphatic carbocycles. The van der Waals surface area contributed by atoms with Crippen LogP contribution in [0.25, 0.3) is 0 Å². The van der Waals surface area contributed by atoms with E-state index in [1.807, 2.05) is 0 Å². The first-order valence-corrected chi connectivity index (χ1v) is 4.57. The molecule has 4 heteroatoms. The highest BCUT2D eigenvalue weighted by Crippen LogP contribution is 2.10. The molecule has 1 unspecified atom stereocenters. The molecule has 1 aromatic rings. The molecule has 4 nitrogen and oxygen atoms in total. The summed E-state index contributed by atoms with van der Waals surface area (Å²) in [4.78, 5) is 0. The van der Waals surface area contributed by atoms with Gasteiger partial charge in [-0.3, -0.25) is 4.68 Å². The van der Waals surface area contributed by atoms with Gasteiger partial charge in [0.1, 0.15) is 0 Å². The molecule has 0 bridgehead atoms. The summed E-state index contributed by atoms with van der Waals surface area (Å²) in [6.45, 7) is 4.64. The SMILES string of the molecule is COCc1cc2n(n1)CC(C)NC2. The second-order valence-electron chi connectivity index (χ2n) is 3.52. The number of fused-ring (bicyclic) bond motifs is 1. The van der Waals surface area contributed by atoms with E-state index in [2.05, 4.69) is 28.1 Å². The van der Waals surface area contributed by atoms with Crippen LogP contribution < -0.4 is 5.32 Å². The zero-order valence-electron chi connectivity index (χ0n) is 8.08. The lowest BCUT2D eigenvalue weighted by Gasteiger charge is -2.21. The Balaban J connectivity index is 2.18. The topological polar surface area (TPSA) is 39.1 Å². The van der Waals surface area contributed by atoms with Crippen LogP contribution in [0.3, 0.4) is 0 Å². The van der Waals surface area contributed by atoms with Gasteiger partial charge in [0.15, 0.2) is 0 Å². The van der Waals surface area contributed by atoms with Gasteiger partial charge in [-0.1, -0.05) is 0 Å². The minimum Gasteiger partial charge on any atom is -0.378 e. The van der Waals surface area contributed by atoms with Gasteiger partial charge in [0, 0.05) is 19.7 Å². The molecule has 0 fully saturated rings. The Morgan fingerprint density at radius 1 is 1.77 bits per heavy atom. The quantitative estimate of drug-likeness (QED) is 0.723. The first-order valence-electron chi connectivity index (χ1n) is 4.57. The summed E-state index contributed by atoms with van der Waals surface area (Å²) in [5.74, 6) is 0. The second kappa shape index (κ2) is 3.47. The highest BCUT2D eigenvalue weighted by Gasteiger charge is 2.15. The van der Waals surface area contributed by atoms with E-state index in [1.54, 1.807) is 7.11 Å². The first kappa shape index (κ1) is 8.72. The predicted molar refractivity (Wildman–Crippen MR) is 49.2 cm³/mol. The van der Waals surface area contributed by atoms with Crippen LogP contribution in [0, 0.1) is 0 Å². The van der Waals surface area contributed by atoms with Gasteiger partial charge >= 0.3 is 0 Å². The summed E-state index contributed by atoms with van der Waals surface area (Å²) < 4.78 is 7.10. The lowest BCUT2D eigenvalue weighted by atomic mass is 10.2. The van der Waals surface area contributed by atoms with Crippen LogP contribution in [-0.2, 0) is 24.4 Å². The van der Waals surface area contributed by atoms with Crippen LogP contribution in [0.15, 0.2) is 6.07 Å². The number of rotatable bonds is 2. The summed E-state index contributed by atoms with van der Waals surface area (Å²) >= 11 is 0. The molecule has 0 aromatic carbocycles. The third-order valence-corrected chi connectivity index (χ3v) is 2.28. The van der Waals surface area contributed by atoms with E-state index >= 15 is 0 Å². The van der Waals surface area contributed by atoms with E-state index in [0.29, 0.717) is 12.6 Å². The van der Waals surface area contributed by atoms with Crippen molar-refractivity contribution in [2.75, 3.05) is 7.11 Å². The van der Waals surface area contributed by atoms with Crippen LogP contribution in [0.4, 0.5) is 0 Å². The van der Waals surface area contributed by atoms with Gasteiger partial charge in [-0.15, -0.1) is 0 Å². The molecule has 0 radical (unpaired) electrons. The largest absolute Gasteiger partial charge is 0.378 e. The van der Waals surface area contributed by atoms with Crippen LogP contribution in [0.5, 0.6) is 0 Å². The minimum absolute atomic E-state index is 0.516. The molecule has 13 heavy (non-hydrogen) atoms. The van der Waals surface area contributed by atoms with Crippen molar-refractivity contribution < 1.29 is 4.74 Å². The molecule has 0 spiro atoms. The number of nitrogens with one attached hydrogen (secondary N) is 1. The van der Waals surface area contributed by atoms with Gasteiger partial charge < -0.3 is 10.1 Å². The molecule has 1 aliphatic heterocycles. The molecule has 1 aromatic heterocycles. The molecule has 0 saturated heterocycles. The van der Waals surface area contributed by atoms with Gasteiger partial charge in [0.05, 0.1) is 24.5 Å². The Morgan fingerprint density at radius 2 is 2.62 bits per heavy atom. The van der Waals surface area contributed by atoms with E-state index < -0.39 is 0 Å². The third kappa shape index (κ3) is 1.73. The molecule has 72 valence electrons. The predicted octanol–water partition coefficient (Wildman–Crippen LogP) is 0.521. The third-order valence-electron chi connectivity index (χ3n) is 2.28. The average molecular weight is 181 g/mol. The van der Waals surface area contributed by atoms with Gasteiger partial charge in [0.2, 0.25) is 0 Å². The first-order chi connectivity index (χ1) is 6.29. The maximum Gasteiger partial charge on any atom is 0.0902 e. The maximum absolute atomic E-state index is 5.04.